The maximum Gasteiger partial charge on any atom is 0.335 e. The topological polar surface area (TPSA) is 332 Å². The Hall–Kier alpha value is -1.96. The average Bonchev–Trinajstić information content (AvgIpc) is 3.27. The minimum Gasteiger partial charge on any atom is -0.479 e. The number of rotatable bonds is 9. The molecule has 0 amide bonds. The van der Waals surface area contributed by atoms with Crippen molar-refractivity contribution in [3.8, 4) is 0 Å². The fourth-order valence-corrected chi connectivity index (χ4v) is 15.1. The lowest BCUT2D eigenvalue weighted by atomic mass is 9.33. The Morgan fingerprint density at radius 3 is 1.97 bits per heavy atom. The number of allylic oxidation sites excluding steroid dienone is 2. The van der Waals surface area contributed by atoms with E-state index in [1.165, 1.54) is 6.92 Å². The lowest BCUT2D eigenvalue weighted by Crippen LogP contribution is -2.70. The van der Waals surface area contributed by atoms with E-state index in [1.807, 2.05) is 0 Å². The van der Waals surface area contributed by atoms with Crippen LogP contribution in [0.25, 0.3) is 0 Å². The number of carbonyl (C=O) groups is 2. The highest BCUT2D eigenvalue weighted by atomic mass is 16.7. The number of ether oxygens (including phenoxy) is 6. The van der Waals surface area contributed by atoms with E-state index >= 15 is 0 Å². The zero-order chi connectivity index (χ0) is 50.0. The van der Waals surface area contributed by atoms with Crippen molar-refractivity contribution in [3.05, 3.63) is 11.6 Å². The quantitative estimate of drug-likeness (QED) is 0.0765. The Kier molecular flexibility index (Phi) is 14.0. The van der Waals surface area contributed by atoms with Gasteiger partial charge in [0.15, 0.2) is 18.7 Å². The van der Waals surface area contributed by atoms with E-state index in [-0.39, 0.29) is 35.0 Å². The van der Waals surface area contributed by atoms with Crippen LogP contribution in [-0.2, 0) is 38.0 Å². The van der Waals surface area contributed by atoms with E-state index in [0.717, 1.165) is 12.0 Å². The molecule has 3 heterocycles. The lowest BCUT2D eigenvalue weighted by molar-refractivity contribution is -0.369. The van der Waals surface area contributed by atoms with Gasteiger partial charge in [-0.3, -0.25) is 4.79 Å². The molecule has 4 saturated carbocycles. The maximum absolute atomic E-state index is 14.7. The number of esters is 1. The molecule has 0 radical (unpaired) electrons. The highest BCUT2D eigenvalue weighted by molar-refractivity contribution is 5.79. The molecule has 0 aromatic rings. The van der Waals surface area contributed by atoms with Crippen molar-refractivity contribution in [1.82, 2.24) is 0 Å². The monoisotopic (exact) mass is 972 g/mol. The van der Waals surface area contributed by atoms with Crippen LogP contribution in [-0.4, -0.2) is 191 Å². The molecule has 0 aromatic carbocycles. The van der Waals surface area contributed by atoms with Gasteiger partial charge >= 0.3 is 11.9 Å². The SMILES string of the molecule is CC1OC(OC2C(O)C(OC3C(O)CC4(C)C(CCC5(C)C4CC=C4C6CC(C)(C)CCC6(C(=O)OC6OC(CO)C(O)C(O)C6O)CCC45C)C3(C)CO)OC(C(=O)O)C2O)C(O)C(O)C1O. The van der Waals surface area contributed by atoms with Crippen LogP contribution >= 0.6 is 0 Å². The molecular weight excluding hydrogens is 897 g/mol. The first-order chi connectivity index (χ1) is 31.7. The standard InChI is InChI=1S/C48H76O20/c1-20-27(52)29(54)31(56)39(63-20)65-35-33(58)36(38(60)61)66-41(34(35)59)67-37-23(51)17-44(4)25(45(37,5)19-50)10-11-47(7)26(44)9-8-21-22-16-43(2,3)12-14-48(22,15-13-46(21,47)6)42(62)68-40-32(57)30(55)28(53)24(18-49)64-40/h8,20,22-37,39-41,49-59H,9-19H2,1-7H3,(H,60,61). The maximum atomic E-state index is 14.7. The highest BCUT2D eigenvalue weighted by Crippen LogP contribution is 2.76. The summed E-state index contributed by atoms with van der Waals surface area (Å²) in [6.07, 6.45) is -20.6. The Labute approximate surface area is 396 Å². The Balaban J connectivity index is 1.06. The van der Waals surface area contributed by atoms with Gasteiger partial charge in [-0.15, -0.1) is 0 Å². The first kappa shape index (κ1) is 52.4. The van der Waals surface area contributed by atoms with E-state index < -0.39 is 151 Å². The molecule has 0 bridgehead atoms. The van der Waals surface area contributed by atoms with Gasteiger partial charge in [0.05, 0.1) is 36.9 Å². The molecule has 7 fully saturated rings. The summed E-state index contributed by atoms with van der Waals surface area (Å²) >= 11 is 0. The first-order valence-corrected chi connectivity index (χ1v) is 24.4. The number of aliphatic hydroxyl groups is 11. The third-order valence-corrected chi connectivity index (χ3v) is 19.3. The second-order valence-electron chi connectivity index (χ2n) is 23.5. The van der Waals surface area contributed by atoms with E-state index in [0.29, 0.717) is 44.9 Å². The van der Waals surface area contributed by atoms with Gasteiger partial charge in [0.1, 0.15) is 61.0 Å². The van der Waals surface area contributed by atoms with Gasteiger partial charge in [-0.2, -0.15) is 0 Å². The zero-order valence-electron chi connectivity index (χ0n) is 40.0. The number of carboxylic acid groups (broad SMARTS) is 1. The van der Waals surface area contributed by atoms with Gasteiger partial charge in [-0.1, -0.05) is 53.2 Å². The summed E-state index contributed by atoms with van der Waals surface area (Å²) in [6, 6.07) is 0. The molecule has 8 rings (SSSR count). The second kappa shape index (κ2) is 18.2. The summed E-state index contributed by atoms with van der Waals surface area (Å²) in [5.74, 6) is -2.78. The fourth-order valence-electron chi connectivity index (χ4n) is 15.1. The summed E-state index contributed by atoms with van der Waals surface area (Å²) in [6.45, 7) is 13.1. The van der Waals surface area contributed by atoms with Crippen molar-refractivity contribution < 1.29 is 99.3 Å². The van der Waals surface area contributed by atoms with Gasteiger partial charge in [0.2, 0.25) is 6.29 Å². The Morgan fingerprint density at radius 2 is 1.32 bits per heavy atom. The van der Waals surface area contributed by atoms with E-state index in [2.05, 4.69) is 40.7 Å². The number of carbonyl (C=O) groups excluding carboxylic acids is 1. The van der Waals surface area contributed by atoms with Gasteiger partial charge in [-0.25, -0.2) is 4.79 Å². The van der Waals surface area contributed by atoms with Crippen LogP contribution in [0.5, 0.6) is 0 Å². The van der Waals surface area contributed by atoms with Crippen LogP contribution in [0, 0.1) is 50.2 Å². The molecule has 388 valence electrons. The van der Waals surface area contributed by atoms with Crippen molar-refractivity contribution in [2.45, 2.75) is 211 Å². The summed E-state index contributed by atoms with van der Waals surface area (Å²) in [7, 11) is 0. The number of fused-ring (bicyclic) bond motifs is 7. The molecular formula is C48H76O20. The molecule has 0 aromatic heterocycles. The number of hydrogen-bond acceptors (Lipinski definition) is 19. The summed E-state index contributed by atoms with van der Waals surface area (Å²) in [5, 5.41) is 129. The van der Waals surface area contributed by atoms with E-state index in [1.54, 1.807) is 6.92 Å². The molecule has 12 N–H and O–H groups in total. The van der Waals surface area contributed by atoms with Crippen LogP contribution in [0.3, 0.4) is 0 Å². The van der Waals surface area contributed by atoms with Gasteiger partial charge in [0, 0.05) is 5.41 Å². The first-order valence-electron chi connectivity index (χ1n) is 24.4. The van der Waals surface area contributed by atoms with E-state index in [4.69, 9.17) is 28.4 Å². The normalized spacial score (nSPS) is 54.5. The smallest absolute Gasteiger partial charge is 0.335 e. The second-order valence-corrected chi connectivity index (χ2v) is 23.5. The van der Waals surface area contributed by atoms with Crippen LogP contribution in [0.4, 0.5) is 0 Å². The molecule has 25 unspecified atom stereocenters. The molecule has 68 heavy (non-hydrogen) atoms. The van der Waals surface area contributed by atoms with Crippen molar-refractivity contribution in [2.24, 2.45) is 50.2 Å². The predicted octanol–water partition coefficient (Wildman–Crippen LogP) is -0.796. The van der Waals surface area contributed by atoms with Gasteiger partial charge < -0.3 is 89.7 Å². The third-order valence-electron chi connectivity index (χ3n) is 19.3. The van der Waals surface area contributed by atoms with Crippen molar-refractivity contribution in [1.29, 1.82) is 0 Å². The number of aliphatic hydroxyl groups excluding tert-OH is 11. The van der Waals surface area contributed by atoms with Gasteiger partial charge in [0.25, 0.3) is 0 Å². The van der Waals surface area contributed by atoms with Crippen LogP contribution in [0.1, 0.15) is 106 Å². The van der Waals surface area contributed by atoms with Crippen molar-refractivity contribution in [3.63, 3.8) is 0 Å². The zero-order valence-corrected chi connectivity index (χ0v) is 40.0. The minimum atomic E-state index is -2.03. The van der Waals surface area contributed by atoms with E-state index in [9.17, 15) is 70.9 Å². The minimum absolute atomic E-state index is 0.0480. The molecule has 0 spiro atoms. The van der Waals surface area contributed by atoms with Gasteiger partial charge in [-0.05, 0) is 104 Å². The van der Waals surface area contributed by atoms with Crippen molar-refractivity contribution in [2.75, 3.05) is 13.2 Å². The summed E-state index contributed by atoms with van der Waals surface area (Å²) in [5.41, 5.74) is -2.60. The molecule has 3 aliphatic heterocycles. The predicted molar refractivity (Wildman–Crippen MR) is 232 cm³/mol. The molecule has 5 aliphatic carbocycles. The molecule has 3 saturated heterocycles. The lowest BCUT2D eigenvalue weighted by Gasteiger charge is -2.72. The largest absolute Gasteiger partial charge is 0.479 e. The number of aliphatic carboxylic acids is 1. The molecule has 20 heteroatoms. The average molecular weight is 973 g/mol. The third kappa shape index (κ3) is 7.94. The van der Waals surface area contributed by atoms with Crippen LogP contribution in [0.2, 0.25) is 0 Å². The summed E-state index contributed by atoms with van der Waals surface area (Å²) < 4.78 is 35.0. The summed E-state index contributed by atoms with van der Waals surface area (Å²) in [4.78, 5) is 27.1. The Bertz CT molecular complexity index is 1920. The molecule has 8 aliphatic rings. The fraction of sp³-hybridized carbons (Fsp3) is 0.917. The van der Waals surface area contributed by atoms with Crippen molar-refractivity contribution >= 4 is 11.9 Å². The Morgan fingerprint density at radius 1 is 0.691 bits per heavy atom. The number of carboxylic acids is 1. The van der Waals surface area contributed by atoms with Crippen LogP contribution in [0.15, 0.2) is 11.6 Å². The molecule has 20 nitrogen and oxygen atoms in total. The number of hydrogen-bond donors (Lipinski definition) is 12. The molecule has 25 atom stereocenters. The van der Waals surface area contributed by atoms with Crippen LogP contribution < -0.4 is 0 Å². The highest BCUT2D eigenvalue weighted by Gasteiger charge is 2.72.